The topological polar surface area (TPSA) is 66.4 Å². The fourth-order valence-corrected chi connectivity index (χ4v) is 3.99. The Labute approximate surface area is 107 Å². The second kappa shape index (κ2) is 5.48. The minimum atomic E-state index is -3.50. The van der Waals surface area contributed by atoms with E-state index in [2.05, 4.69) is 4.72 Å². The first kappa shape index (κ1) is 14.6. The van der Waals surface area contributed by atoms with Gasteiger partial charge in [-0.2, -0.15) is 0 Å². The number of sulfonamides is 1. The monoisotopic (exact) mass is 277 g/mol. The van der Waals surface area contributed by atoms with Crippen LogP contribution < -0.4 is 4.72 Å². The third-order valence-corrected chi connectivity index (χ3v) is 5.18. The summed E-state index contributed by atoms with van der Waals surface area (Å²) < 4.78 is 26.4. The second-order valence-corrected chi connectivity index (χ2v) is 7.64. The lowest BCUT2D eigenvalue weighted by Gasteiger charge is -2.15. The highest BCUT2D eigenvalue weighted by molar-refractivity contribution is 7.89. The van der Waals surface area contributed by atoms with Crippen molar-refractivity contribution in [2.75, 3.05) is 6.54 Å². The third kappa shape index (κ3) is 3.77. The molecule has 1 aromatic rings. The van der Waals surface area contributed by atoms with E-state index in [0.29, 0.717) is 4.90 Å². The van der Waals surface area contributed by atoms with Gasteiger partial charge in [0.1, 0.15) is 0 Å². The molecule has 0 aromatic carbocycles. The van der Waals surface area contributed by atoms with Crippen LogP contribution in [0.4, 0.5) is 0 Å². The standard InChI is InChI=1S/C11H19NO3S2/c1-7(2)10(13)6-12-17(14,15)11-5-8(3)16-9(11)4/h5,7,10,12-13H,6H2,1-4H3. The summed E-state index contributed by atoms with van der Waals surface area (Å²) in [5.41, 5.74) is 0. The van der Waals surface area contributed by atoms with E-state index in [1.54, 1.807) is 13.0 Å². The summed E-state index contributed by atoms with van der Waals surface area (Å²) in [5.74, 6) is 0.0306. The van der Waals surface area contributed by atoms with Crippen LogP contribution in [0.1, 0.15) is 23.6 Å². The normalized spacial score (nSPS) is 14.2. The van der Waals surface area contributed by atoms with Crippen molar-refractivity contribution in [3.05, 3.63) is 15.8 Å². The molecule has 0 bridgehead atoms. The molecule has 6 heteroatoms. The lowest BCUT2D eigenvalue weighted by atomic mass is 10.1. The van der Waals surface area contributed by atoms with Crippen molar-refractivity contribution in [2.24, 2.45) is 5.92 Å². The lowest BCUT2D eigenvalue weighted by molar-refractivity contribution is 0.129. The van der Waals surface area contributed by atoms with Crippen molar-refractivity contribution < 1.29 is 13.5 Å². The Hall–Kier alpha value is -0.430. The molecule has 98 valence electrons. The van der Waals surface area contributed by atoms with Gasteiger partial charge in [0, 0.05) is 16.3 Å². The maximum absolute atomic E-state index is 12.0. The third-order valence-electron chi connectivity index (χ3n) is 2.54. The van der Waals surface area contributed by atoms with Crippen LogP contribution in [0.3, 0.4) is 0 Å². The van der Waals surface area contributed by atoms with Gasteiger partial charge in [-0.1, -0.05) is 13.8 Å². The van der Waals surface area contributed by atoms with Crippen molar-refractivity contribution in [3.63, 3.8) is 0 Å². The molecule has 4 nitrogen and oxygen atoms in total. The highest BCUT2D eigenvalue weighted by atomic mass is 32.2. The van der Waals surface area contributed by atoms with E-state index in [9.17, 15) is 13.5 Å². The van der Waals surface area contributed by atoms with Gasteiger partial charge in [-0.3, -0.25) is 0 Å². The summed E-state index contributed by atoms with van der Waals surface area (Å²) in [6, 6.07) is 1.66. The van der Waals surface area contributed by atoms with Crippen LogP contribution >= 0.6 is 11.3 Å². The molecule has 17 heavy (non-hydrogen) atoms. The minimum Gasteiger partial charge on any atom is -0.391 e. The molecule has 0 amide bonds. The van der Waals surface area contributed by atoms with Crippen molar-refractivity contribution in [1.82, 2.24) is 4.72 Å². The van der Waals surface area contributed by atoms with Gasteiger partial charge < -0.3 is 5.11 Å². The highest BCUT2D eigenvalue weighted by Crippen LogP contribution is 2.24. The van der Waals surface area contributed by atoms with Gasteiger partial charge in [0.2, 0.25) is 10.0 Å². The molecule has 1 aromatic heterocycles. The predicted molar refractivity (Wildman–Crippen MR) is 69.8 cm³/mol. The lowest BCUT2D eigenvalue weighted by Crippen LogP contribution is -2.34. The van der Waals surface area contributed by atoms with Gasteiger partial charge in [0.05, 0.1) is 11.0 Å². The molecular formula is C11H19NO3S2. The number of rotatable bonds is 5. The molecule has 0 aliphatic heterocycles. The molecule has 0 spiro atoms. The maximum atomic E-state index is 12.0. The highest BCUT2D eigenvalue weighted by Gasteiger charge is 2.20. The first-order valence-corrected chi connectivity index (χ1v) is 7.78. The number of nitrogens with one attached hydrogen (secondary N) is 1. The largest absolute Gasteiger partial charge is 0.391 e. The number of hydrogen-bond donors (Lipinski definition) is 2. The van der Waals surface area contributed by atoms with Crippen LogP contribution in [0.25, 0.3) is 0 Å². The summed E-state index contributed by atoms with van der Waals surface area (Å²) >= 11 is 1.45. The fourth-order valence-electron chi connectivity index (χ4n) is 1.38. The molecule has 0 radical (unpaired) electrons. The van der Waals surface area contributed by atoms with E-state index < -0.39 is 16.1 Å². The SMILES string of the molecule is Cc1cc(S(=O)(=O)NCC(O)C(C)C)c(C)s1. The van der Waals surface area contributed by atoms with Gasteiger partial charge in [0.25, 0.3) is 0 Å². The molecule has 0 fully saturated rings. The summed E-state index contributed by atoms with van der Waals surface area (Å²) in [6.45, 7) is 7.40. The van der Waals surface area contributed by atoms with Crippen molar-refractivity contribution in [2.45, 2.75) is 38.7 Å². The molecular weight excluding hydrogens is 258 g/mol. The number of thiophene rings is 1. The zero-order chi connectivity index (χ0) is 13.2. The average Bonchev–Trinajstić information content (AvgIpc) is 2.55. The average molecular weight is 277 g/mol. The maximum Gasteiger partial charge on any atom is 0.241 e. The van der Waals surface area contributed by atoms with Crippen LogP contribution in [0, 0.1) is 19.8 Å². The number of aliphatic hydroxyl groups excluding tert-OH is 1. The van der Waals surface area contributed by atoms with Gasteiger partial charge in [-0.05, 0) is 25.8 Å². The van der Waals surface area contributed by atoms with Crippen molar-refractivity contribution >= 4 is 21.4 Å². The van der Waals surface area contributed by atoms with E-state index in [-0.39, 0.29) is 12.5 Å². The zero-order valence-corrected chi connectivity index (χ0v) is 12.2. The van der Waals surface area contributed by atoms with Gasteiger partial charge >= 0.3 is 0 Å². The van der Waals surface area contributed by atoms with E-state index in [1.165, 1.54) is 11.3 Å². The van der Waals surface area contributed by atoms with E-state index in [0.717, 1.165) is 9.75 Å². The minimum absolute atomic E-state index is 0.0306. The first-order chi connectivity index (χ1) is 7.74. The van der Waals surface area contributed by atoms with Gasteiger partial charge in [-0.15, -0.1) is 11.3 Å². The molecule has 1 unspecified atom stereocenters. The van der Waals surface area contributed by atoms with E-state index in [4.69, 9.17) is 0 Å². The quantitative estimate of drug-likeness (QED) is 0.860. The van der Waals surface area contributed by atoms with Crippen LogP contribution in [0.2, 0.25) is 0 Å². The van der Waals surface area contributed by atoms with E-state index in [1.807, 2.05) is 20.8 Å². The molecule has 0 aliphatic carbocycles. The Morgan fingerprint density at radius 3 is 2.41 bits per heavy atom. The molecule has 1 rings (SSSR count). The van der Waals surface area contributed by atoms with Crippen LogP contribution in [0.15, 0.2) is 11.0 Å². The fraction of sp³-hybridized carbons (Fsp3) is 0.636. The van der Waals surface area contributed by atoms with Crippen LogP contribution in [0.5, 0.6) is 0 Å². The number of aliphatic hydroxyl groups is 1. The first-order valence-electron chi connectivity index (χ1n) is 5.49. The summed E-state index contributed by atoms with van der Waals surface area (Å²) in [5, 5.41) is 9.59. The van der Waals surface area contributed by atoms with Crippen molar-refractivity contribution in [1.29, 1.82) is 0 Å². The Bertz CT molecular complexity index is 477. The molecule has 1 heterocycles. The zero-order valence-electron chi connectivity index (χ0n) is 10.5. The summed E-state index contributed by atoms with van der Waals surface area (Å²) in [7, 11) is -3.50. The number of hydrogen-bond acceptors (Lipinski definition) is 4. The summed E-state index contributed by atoms with van der Waals surface area (Å²) in [6.07, 6.45) is -0.662. The Kier molecular flexibility index (Phi) is 4.71. The Balaban J connectivity index is 2.80. The second-order valence-electron chi connectivity index (χ2n) is 4.44. The predicted octanol–water partition coefficient (Wildman–Crippen LogP) is 1.66. The van der Waals surface area contributed by atoms with E-state index >= 15 is 0 Å². The van der Waals surface area contributed by atoms with Crippen molar-refractivity contribution in [3.8, 4) is 0 Å². The molecule has 1 atom stereocenters. The number of aryl methyl sites for hydroxylation is 2. The summed E-state index contributed by atoms with van der Waals surface area (Å²) in [4.78, 5) is 2.05. The smallest absolute Gasteiger partial charge is 0.241 e. The van der Waals surface area contributed by atoms with Gasteiger partial charge in [0.15, 0.2) is 0 Å². The molecule has 0 saturated heterocycles. The molecule has 0 aliphatic rings. The van der Waals surface area contributed by atoms with Crippen LogP contribution in [-0.2, 0) is 10.0 Å². The Morgan fingerprint density at radius 2 is 2.00 bits per heavy atom. The Morgan fingerprint density at radius 1 is 1.41 bits per heavy atom. The molecule has 2 N–H and O–H groups in total. The van der Waals surface area contributed by atoms with Crippen LogP contribution in [-0.4, -0.2) is 26.2 Å². The molecule has 0 saturated carbocycles. The van der Waals surface area contributed by atoms with Gasteiger partial charge in [-0.25, -0.2) is 13.1 Å².